The summed E-state index contributed by atoms with van der Waals surface area (Å²) in [6.45, 7) is 9.74. The zero-order chi connectivity index (χ0) is 17.2. The topological polar surface area (TPSA) is 21.3 Å². The summed E-state index contributed by atoms with van der Waals surface area (Å²) >= 11 is 0. The number of benzene rings is 2. The number of hydrogen-bond donors (Lipinski definition) is 1. The van der Waals surface area contributed by atoms with Gasteiger partial charge in [-0.25, -0.2) is 0 Å². The smallest absolute Gasteiger partial charge is 0.0717 e. The number of rotatable bonds is 10. The largest absolute Gasteiger partial charge is 0.375 e. The minimum atomic E-state index is 0.274. The molecule has 0 saturated heterocycles. The molecule has 1 N–H and O–H groups in total. The van der Waals surface area contributed by atoms with Crippen LogP contribution in [-0.4, -0.2) is 12.6 Å². The Hall–Kier alpha value is -1.90. The molecule has 0 unspecified atom stereocenters. The molecule has 0 aromatic heterocycles. The Kier molecular flexibility index (Phi) is 7.73. The van der Waals surface area contributed by atoms with Crippen molar-refractivity contribution in [3.05, 3.63) is 84.4 Å². The summed E-state index contributed by atoms with van der Waals surface area (Å²) in [6.07, 6.45) is 2.89. The summed E-state index contributed by atoms with van der Waals surface area (Å²) in [4.78, 5) is 0. The first-order valence-electron chi connectivity index (χ1n) is 8.74. The van der Waals surface area contributed by atoms with Crippen LogP contribution in [0, 0.1) is 5.92 Å². The molecular weight excluding hydrogens is 294 g/mol. The predicted octanol–water partition coefficient (Wildman–Crippen LogP) is 5.13. The summed E-state index contributed by atoms with van der Waals surface area (Å²) in [7, 11) is 0. The van der Waals surface area contributed by atoms with E-state index < -0.39 is 0 Å². The van der Waals surface area contributed by atoms with E-state index in [9.17, 15) is 0 Å². The molecule has 0 radical (unpaired) electrons. The van der Waals surface area contributed by atoms with Gasteiger partial charge in [-0.05, 0) is 23.5 Å². The summed E-state index contributed by atoms with van der Waals surface area (Å²) < 4.78 is 5.97. The standard InChI is InChI=1S/C22H29NO/c1-4-11-21(20-14-9-6-10-15-20)23-22(18(2)3)17-24-16-19-12-7-5-8-13-19/h4-10,12-15,18,21-23H,1,11,16-17H2,2-3H3/t21-,22-/m1/s1. The van der Waals surface area contributed by atoms with Crippen molar-refractivity contribution >= 4 is 0 Å². The van der Waals surface area contributed by atoms with Gasteiger partial charge < -0.3 is 10.1 Å². The van der Waals surface area contributed by atoms with Gasteiger partial charge in [0.2, 0.25) is 0 Å². The average molecular weight is 323 g/mol. The third kappa shape index (κ3) is 5.95. The van der Waals surface area contributed by atoms with Crippen LogP contribution >= 0.6 is 0 Å². The monoisotopic (exact) mass is 323 g/mol. The highest BCUT2D eigenvalue weighted by Crippen LogP contribution is 2.19. The fraction of sp³-hybridized carbons (Fsp3) is 0.364. The molecule has 0 heterocycles. The SMILES string of the molecule is C=CC[C@@H](N[C@H](COCc1ccccc1)C(C)C)c1ccccc1. The second kappa shape index (κ2) is 10.1. The van der Waals surface area contributed by atoms with Crippen molar-refractivity contribution in [3.63, 3.8) is 0 Å². The minimum Gasteiger partial charge on any atom is -0.375 e. The van der Waals surface area contributed by atoms with Crippen molar-refractivity contribution in [2.24, 2.45) is 5.92 Å². The molecule has 128 valence electrons. The summed E-state index contributed by atoms with van der Waals surface area (Å²) in [5.41, 5.74) is 2.51. The number of hydrogen-bond acceptors (Lipinski definition) is 2. The van der Waals surface area contributed by atoms with E-state index in [0.29, 0.717) is 25.2 Å². The highest BCUT2D eigenvalue weighted by molar-refractivity contribution is 5.20. The van der Waals surface area contributed by atoms with Crippen molar-refractivity contribution in [2.45, 2.75) is 39.0 Å². The first-order chi connectivity index (χ1) is 11.7. The van der Waals surface area contributed by atoms with Gasteiger partial charge in [-0.15, -0.1) is 6.58 Å². The summed E-state index contributed by atoms with van der Waals surface area (Å²) in [5.74, 6) is 0.497. The molecule has 2 aromatic carbocycles. The molecule has 0 aliphatic carbocycles. The van der Waals surface area contributed by atoms with Gasteiger partial charge in [-0.2, -0.15) is 0 Å². The predicted molar refractivity (Wildman–Crippen MR) is 102 cm³/mol. The quantitative estimate of drug-likeness (QED) is 0.612. The molecule has 2 aromatic rings. The Labute approximate surface area is 146 Å². The van der Waals surface area contributed by atoms with Gasteiger partial charge >= 0.3 is 0 Å². The van der Waals surface area contributed by atoms with Crippen LogP contribution in [0.15, 0.2) is 73.3 Å². The average Bonchev–Trinajstić information content (AvgIpc) is 2.61. The van der Waals surface area contributed by atoms with Crippen molar-refractivity contribution in [1.82, 2.24) is 5.32 Å². The van der Waals surface area contributed by atoms with Gasteiger partial charge in [-0.1, -0.05) is 80.6 Å². The summed E-state index contributed by atoms with van der Waals surface area (Å²) in [6, 6.07) is 21.5. The van der Waals surface area contributed by atoms with Crippen LogP contribution < -0.4 is 5.32 Å². The van der Waals surface area contributed by atoms with Crippen LogP contribution in [0.4, 0.5) is 0 Å². The van der Waals surface area contributed by atoms with E-state index >= 15 is 0 Å². The molecule has 0 aliphatic rings. The fourth-order valence-electron chi connectivity index (χ4n) is 2.72. The fourth-order valence-corrected chi connectivity index (χ4v) is 2.72. The van der Waals surface area contributed by atoms with Crippen LogP contribution in [0.2, 0.25) is 0 Å². The number of nitrogens with one attached hydrogen (secondary N) is 1. The molecule has 24 heavy (non-hydrogen) atoms. The molecule has 0 spiro atoms. The Morgan fingerprint density at radius 2 is 1.62 bits per heavy atom. The maximum absolute atomic E-state index is 5.97. The van der Waals surface area contributed by atoms with Gasteiger partial charge in [0.15, 0.2) is 0 Å². The Bertz CT molecular complexity index is 579. The van der Waals surface area contributed by atoms with Gasteiger partial charge in [0.1, 0.15) is 0 Å². The second-order valence-electron chi connectivity index (χ2n) is 6.51. The Balaban J connectivity index is 1.94. The van der Waals surface area contributed by atoms with Crippen molar-refractivity contribution in [1.29, 1.82) is 0 Å². The van der Waals surface area contributed by atoms with Crippen molar-refractivity contribution < 1.29 is 4.74 Å². The molecule has 0 bridgehead atoms. The van der Waals surface area contributed by atoms with Gasteiger partial charge in [0, 0.05) is 12.1 Å². The lowest BCUT2D eigenvalue weighted by Crippen LogP contribution is -2.40. The molecular formula is C22H29NO. The normalized spacial score (nSPS) is 13.6. The van der Waals surface area contributed by atoms with E-state index in [1.807, 2.05) is 24.3 Å². The third-order valence-electron chi connectivity index (χ3n) is 4.23. The zero-order valence-electron chi connectivity index (χ0n) is 14.8. The molecule has 2 rings (SSSR count). The Morgan fingerprint density at radius 3 is 2.21 bits per heavy atom. The van der Waals surface area contributed by atoms with Crippen molar-refractivity contribution in [2.75, 3.05) is 6.61 Å². The van der Waals surface area contributed by atoms with E-state index in [1.165, 1.54) is 11.1 Å². The molecule has 0 aliphatic heterocycles. The van der Waals surface area contributed by atoms with Gasteiger partial charge in [0.25, 0.3) is 0 Å². The van der Waals surface area contributed by atoms with Crippen LogP contribution in [0.25, 0.3) is 0 Å². The van der Waals surface area contributed by atoms with E-state index in [4.69, 9.17) is 4.74 Å². The minimum absolute atomic E-state index is 0.274. The highest BCUT2D eigenvalue weighted by atomic mass is 16.5. The lowest BCUT2D eigenvalue weighted by Gasteiger charge is -2.28. The van der Waals surface area contributed by atoms with E-state index in [2.05, 4.69) is 68.2 Å². The molecule has 0 fully saturated rings. The highest BCUT2D eigenvalue weighted by Gasteiger charge is 2.19. The summed E-state index contributed by atoms with van der Waals surface area (Å²) in [5, 5.41) is 3.76. The molecule has 2 heteroatoms. The molecule has 2 atom stereocenters. The molecule has 2 nitrogen and oxygen atoms in total. The second-order valence-corrected chi connectivity index (χ2v) is 6.51. The number of ether oxygens (including phenoxy) is 1. The van der Waals surface area contributed by atoms with Crippen LogP contribution in [0.5, 0.6) is 0 Å². The zero-order valence-corrected chi connectivity index (χ0v) is 14.8. The van der Waals surface area contributed by atoms with Gasteiger partial charge in [0.05, 0.1) is 13.2 Å². The maximum Gasteiger partial charge on any atom is 0.0717 e. The first kappa shape index (κ1) is 18.4. The van der Waals surface area contributed by atoms with E-state index in [1.54, 1.807) is 0 Å². The van der Waals surface area contributed by atoms with Crippen molar-refractivity contribution in [3.8, 4) is 0 Å². The lowest BCUT2D eigenvalue weighted by molar-refractivity contribution is 0.0820. The van der Waals surface area contributed by atoms with Crippen LogP contribution in [0.3, 0.4) is 0 Å². The first-order valence-corrected chi connectivity index (χ1v) is 8.74. The molecule has 0 amide bonds. The van der Waals surface area contributed by atoms with E-state index in [-0.39, 0.29) is 6.04 Å². The molecule has 0 saturated carbocycles. The maximum atomic E-state index is 5.97. The van der Waals surface area contributed by atoms with Crippen LogP contribution in [-0.2, 0) is 11.3 Å². The Morgan fingerprint density at radius 1 is 1.00 bits per heavy atom. The van der Waals surface area contributed by atoms with E-state index in [0.717, 1.165) is 6.42 Å². The third-order valence-corrected chi connectivity index (χ3v) is 4.23. The lowest BCUT2D eigenvalue weighted by atomic mass is 9.99. The van der Waals surface area contributed by atoms with Crippen LogP contribution in [0.1, 0.15) is 37.4 Å². The van der Waals surface area contributed by atoms with Gasteiger partial charge in [-0.3, -0.25) is 0 Å².